The number of esters is 1. The fourth-order valence-electron chi connectivity index (χ4n) is 2.14. The number of carbonyl (C=O) groups excluding carboxylic acids is 2. The summed E-state index contributed by atoms with van der Waals surface area (Å²) in [6.07, 6.45) is 1.24. The highest BCUT2D eigenvalue weighted by Crippen LogP contribution is 2.31. The molecule has 1 amide bonds. The SMILES string of the molecule is NC(=O)c1ccc(C(=O)Oc2ccc(Cl)c3ccccc23)nc1. The summed E-state index contributed by atoms with van der Waals surface area (Å²) in [6.45, 7) is 0. The Morgan fingerprint density at radius 2 is 1.74 bits per heavy atom. The van der Waals surface area contributed by atoms with Gasteiger partial charge in [-0.1, -0.05) is 35.9 Å². The maximum absolute atomic E-state index is 12.2. The zero-order valence-corrected chi connectivity index (χ0v) is 12.6. The second kappa shape index (κ2) is 6.06. The molecule has 0 unspecified atom stereocenters. The Balaban J connectivity index is 1.91. The topological polar surface area (TPSA) is 82.3 Å². The number of primary amides is 1. The van der Waals surface area contributed by atoms with Crippen LogP contribution in [0.3, 0.4) is 0 Å². The van der Waals surface area contributed by atoms with E-state index < -0.39 is 11.9 Å². The van der Waals surface area contributed by atoms with Crippen LogP contribution in [0.15, 0.2) is 54.7 Å². The Bertz CT molecular complexity index is 907. The number of aromatic nitrogens is 1. The van der Waals surface area contributed by atoms with Crippen LogP contribution in [0.2, 0.25) is 5.02 Å². The lowest BCUT2D eigenvalue weighted by molar-refractivity contribution is 0.0730. The van der Waals surface area contributed by atoms with E-state index in [4.69, 9.17) is 22.1 Å². The lowest BCUT2D eigenvalue weighted by Crippen LogP contribution is -2.14. The lowest BCUT2D eigenvalue weighted by atomic mass is 10.1. The van der Waals surface area contributed by atoms with Crippen LogP contribution in [0.1, 0.15) is 20.8 Å². The van der Waals surface area contributed by atoms with Crippen molar-refractivity contribution in [2.24, 2.45) is 5.73 Å². The van der Waals surface area contributed by atoms with Crippen LogP contribution >= 0.6 is 11.6 Å². The minimum Gasteiger partial charge on any atom is -0.421 e. The zero-order valence-electron chi connectivity index (χ0n) is 11.8. The molecular formula is C17H11ClN2O3. The number of hydrogen-bond donors (Lipinski definition) is 1. The number of nitrogens with zero attached hydrogens (tertiary/aromatic N) is 1. The molecule has 2 aromatic carbocycles. The molecule has 0 saturated heterocycles. The van der Waals surface area contributed by atoms with Crippen LogP contribution in [0.4, 0.5) is 0 Å². The van der Waals surface area contributed by atoms with Crippen molar-refractivity contribution in [3.63, 3.8) is 0 Å². The number of amides is 1. The average Bonchev–Trinajstić information content (AvgIpc) is 2.57. The summed E-state index contributed by atoms with van der Waals surface area (Å²) in [4.78, 5) is 27.1. The third kappa shape index (κ3) is 3.00. The maximum Gasteiger partial charge on any atom is 0.362 e. The van der Waals surface area contributed by atoms with Gasteiger partial charge in [0.05, 0.1) is 5.56 Å². The molecule has 0 spiro atoms. The lowest BCUT2D eigenvalue weighted by Gasteiger charge is -2.08. The van der Waals surface area contributed by atoms with Crippen molar-refractivity contribution in [2.75, 3.05) is 0 Å². The number of rotatable bonds is 3. The molecule has 0 aliphatic rings. The summed E-state index contributed by atoms with van der Waals surface area (Å²) < 4.78 is 5.39. The highest BCUT2D eigenvalue weighted by molar-refractivity contribution is 6.35. The van der Waals surface area contributed by atoms with Gasteiger partial charge < -0.3 is 10.5 Å². The monoisotopic (exact) mass is 326 g/mol. The van der Waals surface area contributed by atoms with Crippen molar-refractivity contribution in [3.8, 4) is 5.75 Å². The van der Waals surface area contributed by atoms with Gasteiger partial charge in [-0.3, -0.25) is 4.79 Å². The standard InChI is InChI=1S/C17H11ClN2O3/c18-13-6-8-15(12-4-2-1-3-11(12)13)23-17(22)14-7-5-10(9-20-14)16(19)21/h1-9H,(H2,19,21). The Morgan fingerprint density at radius 1 is 1.00 bits per heavy atom. The molecule has 23 heavy (non-hydrogen) atoms. The molecule has 5 nitrogen and oxygen atoms in total. The Hall–Kier alpha value is -2.92. The number of pyridine rings is 1. The molecule has 114 valence electrons. The fourth-order valence-corrected chi connectivity index (χ4v) is 2.36. The first-order valence-electron chi connectivity index (χ1n) is 6.71. The second-order valence-corrected chi connectivity index (χ2v) is 5.18. The van der Waals surface area contributed by atoms with E-state index in [2.05, 4.69) is 4.98 Å². The molecule has 0 atom stereocenters. The number of fused-ring (bicyclic) bond motifs is 1. The van der Waals surface area contributed by atoms with E-state index in [1.54, 1.807) is 12.1 Å². The number of nitrogens with two attached hydrogens (primary N) is 1. The predicted molar refractivity (Wildman–Crippen MR) is 86.7 cm³/mol. The normalized spacial score (nSPS) is 10.5. The Labute approximate surface area is 136 Å². The van der Waals surface area contributed by atoms with Crippen LogP contribution < -0.4 is 10.5 Å². The first-order valence-corrected chi connectivity index (χ1v) is 7.09. The van der Waals surface area contributed by atoms with Gasteiger partial charge in [0.1, 0.15) is 11.4 Å². The van der Waals surface area contributed by atoms with E-state index in [0.29, 0.717) is 10.8 Å². The van der Waals surface area contributed by atoms with Gasteiger partial charge in [-0.25, -0.2) is 9.78 Å². The van der Waals surface area contributed by atoms with Crippen molar-refractivity contribution in [1.82, 2.24) is 4.98 Å². The van der Waals surface area contributed by atoms with Crippen LogP contribution in [0.25, 0.3) is 10.8 Å². The van der Waals surface area contributed by atoms with E-state index in [1.807, 2.05) is 24.3 Å². The molecule has 0 saturated carbocycles. The van der Waals surface area contributed by atoms with Crippen molar-refractivity contribution in [3.05, 3.63) is 71.0 Å². The van der Waals surface area contributed by atoms with Crippen molar-refractivity contribution in [2.45, 2.75) is 0 Å². The smallest absolute Gasteiger partial charge is 0.362 e. The summed E-state index contributed by atoms with van der Waals surface area (Å²) in [7, 11) is 0. The number of hydrogen-bond acceptors (Lipinski definition) is 4. The van der Waals surface area contributed by atoms with Crippen molar-refractivity contribution in [1.29, 1.82) is 0 Å². The third-order valence-electron chi connectivity index (χ3n) is 3.29. The van der Waals surface area contributed by atoms with E-state index in [-0.39, 0.29) is 11.3 Å². The zero-order chi connectivity index (χ0) is 16.4. The molecular weight excluding hydrogens is 316 g/mol. The average molecular weight is 327 g/mol. The molecule has 0 radical (unpaired) electrons. The van der Waals surface area contributed by atoms with E-state index in [0.717, 1.165) is 10.8 Å². The van der Waals surface area contributed by atoms with E-state index in [1.165, 1.54) is 18.3 Å². The maximum atomic E-state index is 12.2. The number of benzene rings is 2. The Kier molecular flexibility index (Phi) is 3.95. The van der Waals surface area contributed by atoms with Gasteiger partial charge in [-0.2, -0.15) is 0 Å². The summed E-state index contributed by atoms with van der Waals surface area (Å²) in [5, 5.41) is 2.09. The van der Waals surface area contributed by atoms with Gasteiger partial charge in [0.2, 0.25) is 5.91 Å². The van der Waals surface area contributed by atoms with Gasteiger partial charge in [-0.15, -0.1) is 0 Å². The molecule has 0 fully saturated rings. The molecule has 0 bridgehead atoms. The van der Waals surface area contributed by atoms with Gasteiger partial charge in [0.25, 0.3) is 0 Å². The summed E-state index contributed by atoms with van der Waals surface area (Å²) in [5.41, 5.74) is 5.43. The van der Waals surface area contributed by atoms with Gasteiger partial charge in [0.15, 0.2) is 0 Å². The molecule has 1 heterocycles. The fraction of sp³-hybridized carbons (Fsp3) is 0. The number of ether oxygens (including phenoxy) is 1. The molecule has 3 aromatic rings. The summed E-state index contributed by atoms with van der Waals surface area (Å²) in [5.74, 6) is -0.856. The second-order valence-electron chi connectivity index (χ2n) is 4.78. The van der Waals surface area contributed by atoms with Gasteiger partial charge >= 0.3 is 5.97 Å². The highest BCUT2D eigenvalue weighted by atomic mass is 35.5. The van der Waals surface area contributed by atoms with Gasteiger partial charge in [-0.05, 0) is 24.3 Å². The van der Waals surface area contributed by atoms with Crippen LogP contribution in [0, 0.1) is 0 Å². The summed E-state index contributed by atoms with van der Waals surface area (Å²) in [6, 6.07) is 13.4. The van der Waals surface area contributed by atoms with Crippen LogP contribution in [-0.4, -0.2) is 16.9 Å². The van der Waals surface area contributed by atoms with Crippen LogP contribution in [-0.2, 0) is 0 Å². The van der Waals surface area contributed by atoms with Crippen LogP contribution in [0.5, 0.6) is 5.75 Å². The predicted octanol–water partition coefficient (Wildman–Crippen LogP) is 3.21. The first-order chi connectivity index (χ1) is 11.1. The first kappa shape index (κ1) is 15.0. The quantitative estimate of drug-likeness (QED) is 0.592. The molecule has 2 N–H and O–H groups in total. The molecule has 0 aliphatic heterocycles. The minimum atomic E-state index is -0.631. The highest BCUT2D eigenvalue weighted by Gasteiger charge is 2.14. The van der Waals surface area contributed by atoms with E-state index >= 15 is 0 Å². The largest absolute Gasteiger partial charge is 0.421 e. The molecule has 3 rings (SSSR count). The molecule has 0 aliphatic carbocycles. The minimum absolute atomic E-state index is 0.0778. The van der Waals surface area contributed by atoms with Crippen molar-refractivity contribution >= 4 is 34.2 Å². The van der Waals surface area contributed by atoms with E-state index in [9.17, 15) is 9.59 Å². The molecule has 1 aromatic heterocycles. The number of halogens is 1. The molecule has 6 heteroatoms. The van der Waals surface area contributed by atoms with Crippen molar-refractivity contribution < 1.29 is 14.3 Å². The summed E-state index contributed by atoms with van der Waals surface area (Å²) >= 11 is 6.13. The number of carbonyl (C=O) groups is 2. The van der Waals surface area contributed by atoms with Gasteiger partial charge in [0, 0.05) is 22.0 Å². The Morgan fingerprint density at radius 3 is 2.39 bits per heavy atom. The third-order valence-corrected chi connectivity index (χ3v) is 3.62.